The van der Waals surface area contributed by atoms with E-state index in [9.17, 15) is 0 Å². The van der Waals surface area contributed by atoms with E-state index in [-0.39, 0.29) is 0 Å². The predicted molar refractivity (Wildman–Crippen MR) is 51.7 cm³/mol. The van der Waals surface area contributed by atoms with Crippen LogP contribution < -0.4 is 0 Å². The van der Waals surface area contributed by atoms with Crippen LogP contribution in [0.2, 0.25) is 0 Å². The largest absolute Gasteiger partial charge is 0.453 e. The Morgan fingerprint density at radius 1 is 1.00 bits per heavy atom. The molecular formula is C11H7NO2. The van der Waals surface area contributed by atoms with Crippen molar-refractivity contribution in [2.45, 2.75) is 0 Å². The van der Waals surface area contributed by atoms with Gasteiger partial charge in [-0.05, 0) is 12.1 Å². The van der Waals surface area contributed by atoms with E-state index in [1.807, 2.05) is 30.3 Å². The van der Waals surface area contributed by atoms with Crippen molar-refractivity contribution in [2.75, 3.05) is 0 Å². The molecule has 0 unspecified atom stereocenters. The Morgan fingerprint density at radius 2 is 1.93 bits per heavy atom. The van der Waals surface area contributed by atoms with Crippen molar-refractivity contribution >= 4 is 11.0 Å². The van der Waals surface area contributed by atoms with Gasteiger partial charge in [0.2, 0.25) is 5.76 Å². The first kappa shape index (κ1) is 7.38. The highest BCUT2D eigenvalue weighted by Crippen LogP contribution is 2.26. The Balaban J connectivity index is 2.24. The molecule has 0 aliphatic carbocycles. The van der Waals surface area contributed by atoms with Crippen LogP contribution in [0.3, 0.4) is 0 Å². The standard InChI is InChI=1S/C11H7NO2/c1-2-4-9-8(3-1)7-11(13-9)10-5-6-12-14-10/h1-7H. The molecular weight excluding hydrogens is 178 g/mol. The van der Waals surface area contributed by atoms with Gasteiger partial charge < -0.3 is 8.94 Å². The summed E-state index contributed by atoms with van der Waals surface area (Å²) in [6.07, 6.45) is 1.60. The number of hydrogen-bond donors (Lipinski definition) is 0. The van der Waals surface area contributed by atoms with Gasteiger partial charge in [-0.25, -0.2) is 0 Å². The van der Waals surface area contributed by atoms with Crippen molar-refractivity contribution in [3.05, 3.63) is 42.6 Å². The maximum atomic E-state index is 5.58. The molecule has 0 atom stereocenters. The number of aromatic nitrogens is 1. The average Bonchev–Trinajstić information content (AvgIpc) is 2.86. The van der Waals surface area contributed by atoms with Gasteiger partial charge in [0, 0.05) is 11.5 Å². The number of furan rings is 1. The molecule has 2 heterocycles. The summed E-state index contributed by atoms with van der Waals surface area (Å²) in [7, 11) is 0. The Hall–Kier alpha value is -2.03. The van der Waals surface area contributed by atoms with E-state index in [0.717, 1.165) is 11.0 Å². The SMILES string of the molecule is c1ccc2oc(-c3ccno3)cc2c1. The van der Waals surface area contributed by atoms with E-state index in [1.54, 1.807) is 12.3 Å². The smallest absolute Gasteiger partial charge is 0.202 e. The Kier molecular flexibility index (Phi) is 1.44. The van der Waals surface area contributed by atoms with Gasteiger partial charge in [-0.2, -0.15) is 0 Å². The maximum Gasteiger partial charge on any atom is 0.202 e. The van der Waals surface area contributed by atoms with Crippen molar-refractivity contribution < 1.29 is 8.94 Å². The molecule has 0 saturated carbocycles. The molecule has 1 aromatic carbocycles. The predicted octanol–water partition coefficient (Wildman–Crippen LogP) is 3.09. The second-order valence-electron chi connectivity index (χ2n) is 3.03. The third-order valence-corrected chi connectivity index (χ3v) is 2.11. The van der Waals surface area contributed by atoms with Crippen LogP contribution >= 0.6 is 0 Å². The molecule has 0 spiro atoms. The molecule has 0 amide bonds. The second-order valence-corrected chi connectivity index (χ2v) is 3.03. The summed E-state index contributed by atoms with van der Waals surface area (Å²) in [6, 6.07) is 11.6. The summed E-state index contributed by atoms with van der Waals surface area (Å²) in [5, 5.41) is 4.70. The van der Waals surface area contributed by atoms with E-state index in [2.05, 4.69) is 5.16 Å². The van der Waals surface area contributed by atoms with Crippen molar-refractivity contribution in [3.8, 4) is 11.5 Å². The molecule has 3 rings (SSSR count). The van der Waals surface area contributed by atoms with E-state index in [4.69, 9.17) is 8.94 Å². The van der Waals surface area contributed by atoms with Crippen molar-refractivity contribution in [3.63, 3.8) is 0 Å². The molecule has 0 N–H and O–H groups in total. The third kappa shape index (κ3) is 1.03. The quantitative estimate of drug-likeness (QED) is 0.584. The van der Waals surface area contributed by atoms with Crippen LogP contribution in [0.15, 0.2) is 51.5 Å². The molecule has 14 heavy (non-hydrogen) atoms. The highest BCUT2D eigenvalue weighted by atomic mass is 16.5. The average molecular weight is 185 g/mol. The number of fused-ring (bicyclic) bond motifs is 1. The topological polar surface area (TPSA) is 39.2 Å². The minimum Gasteiger partial charge on any atom is -0.453 e. The van der Waals surface area contributed by atoms with E-state index < -0.39 is 0 Å². The van der Waals surface area contributed by atoms with E-state index >= 15 is 0 Å². The summed E-state index contributed by atoms with van der Waals surface area (Å²) < 4.78 is 10.6. The summed E-state index contributed by atoms with van der Waals surface area (Å²) in [5.41, 5.74) is 0.860. The minimum atomic E-state index is 0.654. The van der Waals surface area contributed by atoms with Crippen molar-refractivity contribution in [2.24, 2.45) is 0 Å². The van der Waals surface area contributed by atoms with Gasteiger partial charge >= 0.3 is 0 Å². The van der Waals surface area contributed by atoms with Gasteiger partial charge in [-0.3, -0.25) is 0 Å². The highest BCUT2D eigenvalue weighted by Gasteiger charge is 2.07. The van der Waals surface area contributed by atoms with E-state index in [0.29, 0.717) is 11.5 Å². The lowest BCUT2D eigenvalue weighted by Gasteiger charge is -1.85. The lowest BCUT2D eigenvalue weighted by molar-refractivity contribution is 0.421. The molecule has 0 saturated heterocycles. The first-order chi connectivity index (χ1) is 6.93. The zero-order valence-corrected chi connectivity index (χ0v) is 7.31. The van der Waals surface area contributed by atoms with Crippen LogP contribution in [0.5, 0.6) is 0 Å². The zero-order valence-electron chi connectivity index (χ0n) is 7.31. The third-order valence-electron chi connectivity index (χ3n) is 2.11. The number of nitrogens with zero attached hydrogens (tertiary/aromatic N) is 1. The van der Waals surface area contributed by atoms with Crippen LogP contribution in [0.4, 0.5) is 0 Å². The molecule has 0 fully saturated rings. The molecule has 68 valence electrons. The van der Waals surface area contributed by atoms with Crippen molar-refractivity contribution in [1.82, 2.24) is 5.16 Å². The van der Waals surface area contributed by atoms with Crippen LogP contribution in [-0.4, -0.2) is 5.16 Å². The lowest BCUT2D eigenvalue weighted by Crippen LogP contribution is -1.62. The number of benzene rings is 1. The molecule has 0 aliphatic heterocycles. The summed E-state index contributed by atoms with van der Waals surface area (Å²) in [6.45, 7) is 0. The van der Waals surface area contributed by atoms with Crippen molar-refractivity contribution in [1.29, 1.82) is 0 Å². The van der Waals surface area contributed by atoms with Gasteiger partial charge in [0.25, 0.3) is 0 Å². The van der Waals surface area contributed by atoms with E-state index in [1.165, 1.54) is 0 Å². The van der Waals surface area contributed by atoms with Crippen LogP contribution in [-0.2, 0) is 0 Å². The maximum absolute atomic E-state index is 5.58. The molecule has 0 radical (unpaired) electrons. The lowest BCUT2D eigenvalue weighted by atomic mass is 10.2. The first-order valence-corrected chi connectivity index (χ1v) is 4.33. The number of rotatable bonds is 1. The molecule has 3 heteroatoms. The van der Waals surface area contributed by atoms with Gasteiger partial charge in [0.05, 0.1) is 6.20 Å². The minimum absolute atomic E-state index is 0.654. The van der Waals surface area contributed by atoms with Crippen LogP contribution in [0, 0.1) is 0 Å². The van der Waals surface area contributed by atoms with Crippen LogP contribution in [0.25, 0.3) is 22.5 Å². The molecule has 0 aliphatic rings. The fourth-order valence-corrected chi connectivity index (χ4v) is 1.45. The molecule has 3 aromatic rings. The molecule has 0 bridgehead atoms. The highest BCUT2D eigenvalue weighted by molar-refractivity contribution is 5.81. The van der Waals surface area contributed by atoms with Gasteiger partial charge in [0.15, 0.2) is 5.76 Å². The Morgan fingerprint density at radius 3 is 2.71 bits per heavy atom. The molecule has 3 nitrogen and oxygen atoms in total. The summed E-state index contributed by atoms with van der Waals surface area (Å²) in [5.74, 6) is 1.37. The molecule has 2 aromatic heterocycles. The summed E-state index contributed by atoms with van der Waals surface area (Å²) >= 11 is 0. The zero-order chi connectivity index (χ0) is 9.38. The fourth-order valence-electron chi connectivity index (χ4n) is 1.45. The van der Waals surface area contributed by atoms with Gasteiger partial charge in [-0.15, -0.1) is 0 Å². The number of hydrogen-bond acceptors (Lipinski definition) is 3. The normalized spacial score (nSPS) is 10.9. The van der Waals surface area contributed by atoms with Gasteiger partial charge in [-0.1, -0.05) is 23.4 Å². The van der Waals surface area contributed by atoms with Crippen LogP contribution in [0.1, 0.15) is 0 Å². The monoisotopic (exact) mass is 185 g/mol. The Labute approximate surface area is 79.9 Å². The fraction of sp³-hybridized carbons (Fsp3) is 0. The number of para-hydroxylation sites is 1. The second kappa shape index (κ2) is 2.73. The first-order valence-electron chi connectivity index (χ1n) is 4.33. The summed E-state index contributed by atoms with van der Waals surface area (Å²) in [4.78, 5) is 0. The van der Waals surface area contributed by atoms with Gasteiger partial charge in [0.1, 0.15) is 5.58 Å². The Bertz CT molecular complexity index is 518.